The number of allylic oxidation sites excluding steroid dienone is 2. The van der Waals surface area contributed by atoms with Crippen molar-refractivity contribution in [1.29, 1.82) is 0 Å². The summed E-state index contributed by atoms with van der Waals surface area (Å²) in [7, 11) is 0. The lowest BCUT2D eigenvalue weighted by atomic mass is 9.92. The molecule has 0 atom stereocenters. The van der Waals surface area contributed by atoms with E-state index < -0.39 is 23.9 Å². The first kappa shape index (κ1) is 36.0. The van der Waals surface area contributed by atoms with Gasteiger partial charge in [0.2, 0.25) is 0 Å². The predicted molar refractivity (Wildman–Crippen MR) is 161 cm³/mol. The second-order valence-corrected chi connectivity index (χ2v) is 8.48. The average Bonchev–Trinajstić information content (AvgIpc) is 2.94. The van der Waals surface area contributed by atoms with E-state index in [9.17, 15) is 24.3 Å². The van der Waals surface area contributed by atoms with Gasteiger partial charge in [0.1, 0.15) is 0 Å². The van der Waals surface area contributed by atoms with Gasteiger partial charge in [0.15, 0.2) is 0 Å². The first-order valence-electron chi connectivity index (χ1n) is 12.7. The van der Waals surface area contributed by atoms with E-state index >= 15 is 0 Å². The quantitative estimate of drug-likeness (QED) is 0.0798. The maximum Gasteiger partial charge on any atom is 0.337 e. The van der Waals surface area contributed by atoms with Gasteiger partial charge in [-0.15, -0.1) is 13.2 Å². The number of benzene rings is 2. The van der Waals surface area contributed by atoms with Gasteiger partial charge in [-0.05, 0) is 55.0 Å². The molecule has 0 aliphatic carbocycles. The number of hydrogen-bond acceptors (Lipinski definition) is 5. The molecule has 0 radical (unpaired) electrons. The van der Waals surface area contributed by atoms with Gasteiger partial charge in [-0.1, -0.05) is 81.1 Å². The number of carbonyl (C=O) groups excluding carboxylic acids is 1. The second kappa shape index (κ2) is 20.0. The van der Waals surface area contributed by atoms with Crippen molar-refractivity contribution in [2.75, 3.05) is 6.61 Å². The number of carboxylic acid groups (broad SMARTS) is 3. The number of rotatable bonds is 13. The largest absolute Gasteiger partial charge is 0.478 e. The zero-order valence-corrected chi connectivity index (χ0v) is 23.6. The minimum absolute atomic E-state index is 0.0611. The molecule has 0 saturated heterocycles. The Balaban J connectivity index is 0.000000625. The van der Waals surface area contributed by atoms with Crippen LogP contribution in [0.5, 0.6) is 0 Å². The molecule has 0 aromatic heterocycles. The Hall–Kier alpha value is -4.98. The Bertz CT molecular complexity index is 1270. The van der Waals surface area contributed by atoms with Crippen LogP contribution in [0.15, 0.2) is 98.2 Å². The molecular weight excluding hydrogens is 524 g/mol. The van der Waals surface area contributed by atoms with Crippen LogP contribution in [0.25, 0.3) is 6.08 Å². The van der Waals surface area contributed by atoms with Crippen LogP contribution >= 0.6 is 0 Å². The number of carboxylic acids is 3. The molecule has 0 unspecified atom stereocenters. The van der Waals surface area contributed by atoms with E-state index in [1.54, 1.807) is 18.2 Å². The van der Waals surface area contributed by atoms with Gasteiger partial charge in [0.05, 0.1) is 23.3 Å². The zero-order valence-electron chi connectivity index (χ0n) is 23.6. The van der Waals surface area contributed by atoms with Gasteiger partial charge in [0.25, 0.3) is 0 Å². The van der Waals surface area contributed by atoms with Crippen LogP contribution in [-0.2, 0) is 27.2 Å². The molecule has 0 fully saturated rings. The summed E-state index contributed by atoms with van der Waals surface area (Å²) in [6.07, 6.45) is 8.77. The normalized spacial score (nSPS) is 9.95. The molecule has 8 heteroatoms. The summed E-state index contributed by atoms with van der Waals surface area (Å²) < 4.78 is 4.85. The number of ether oxygens (including phenoxy) is 1. The molecule has 218 valence electrons. The molecule has 0 heterocycles. The summed E-state index contributed by atoms with van der Waals surface area (Å²) in [5.74, 6) is -4.13. The predicted octanol–water partition coefficient (Wildman–Crippen LogP) is 6.79. The van der Waals surface area contributed by atoms with E-state index in [-0.39, 0.29) is 22.3 Å². The lowest BCUT2D eigenvalue weighted by Crippen LogP contribution is -2.13. The van der Waals surface area contributed by atoms with Crippen LogP contribution < -0.4 is 0 Å². The van der Waals surface area contributed by atoms with E-state index in [4.69, 9.17) is 14.9 Å². The molecule has 2 rings (SSSR count). The number of aliphatic carboxylic acids is 1. The van der Waals surface area contributed by atoms with Gasteiger partial charge < -0.3 is 20.1 Å². The number of unbranched alkanes of at least 4 members (excludes halogenated alkanes) is 1. The third-order valence-electron chi connectivity index (χ3n) is 5.32. The fourth-order valence-corrected chi connectivity index (χ4v) is 3.21. The second-order valence-electron chi connectivity index (χ2n) is 8.48. The first-order valence-corrected chi connectivity index (χ1v) is 12.7. The summed E-state index contributed by atoms with van der Waals surface area (Å²) in [5.41, 5.74) is 2.17. The smallest absolute Gasteiger partial charge is 0.337 e. The highest BCUT2D eigenvalue weighted by Crippen LogP contribution is 2.22. The van der Waals surface area contributed by atoms with Crippen LogP contribution in [0, 0.1) is 0 Å². The van der Waals surface area contributed by atoms with E-state index in [2.05, 4.69) is 26.3 Å². The molecule has 3 N–H and O–H groups in total. The van der Waals surface area contributed by atoms with E-state index in [0.29, 0.717) is 25.0 Å². The third kappa shape index (κ3) is 13.6. The molecule has 0 spiro atoms. The van der Waals surface area contributed by atoms with Crippen molar-refractivity contribution in [2.24, 2.45) is 0 Å². The Kier molecular flexibility index (Phi) is 17.6. The van der Waals surface area contributed by atoms with Crippen LogP contribution in [-0.4, -0.2) is 45.8 Å². The van der Waals surface area contributed by atoms with Gasteiger partial charge in [-0.2, -0.15) is 0 Å². The Morgan fingerprint density at radius 1 is 0.878 bits per heavy atom. The van der Waals surface area contributed by atoms with Crippen molar-refractivity contribution in [3.8, 4) is 0 Å². The van der Waals surface area contributed by atoms with Crippen molar-refractivity contribution in [3.63, 3.8) is 0 Å². The minimum atomic E-state index is -1.25. The summed E-state index contributed by atoms with van der Waals surface area (Å²) in [6.45, 7) is 18.0. The van der Waals surface area contributed by atoms with Crippen LogP contribution in [0.2, 0.25) is 0 Å². The Morgan fingerprint density at radius 3 is 1.93 bits per heavy atom. The van der Waals surface area contributed by atoms with Crippen LogP contribution in [0.4, 0.5) is 0 Å². The lowest BCUT2D eigenvalue weighted by Gasteiger charge is -2.12. The van der Waals surface area contributed by atoms with Crippen molar-refractivity contribution < 1.29 is 39.2 Å². The van der Waals surface area contributed by atoms with Crippen LogP contribution in [0.3, 0.4) is 0 Å². The summed E-state index contributed by atoms with van der Waals surface area (Å²) >= 11 is 0. The molecule has 0 amide bonds. The maximum absolute atomic E-state index is 11.3. The fourth-order valence-electron chi connectivity index (χ4n) is 3.21. The van der Waals surface area contributed by atoms with Crippen molar-refractivity contribution in [3.05, 3.63) is 126 Å². The van der Waals surface area contributed by atoms with Gasteiger partial charge in [0, 0.05) is 5.57 Å². The van der Waals surface area contributed by atoms with Gasteiger partial charge >= 0.3 is 23.9 Å². The van der Waals surface area contributed by atoms with E-state index in [1.807, 2.05) is 43.3 Å². The highest BCUT2D eigenvalue weighted by Gasteiger charge is 2.21. The topological polar surface area (TPSA) is 138 Å². The molecule has 41 heavy (non-hydrogen) atoms. The molecule has 0 aliphatic rings. The Morgan fingerprint density at radius 2 is 1.49 bits per heavy atom. The van der Waals surface area contributed by atoms with E-state index in [0.717, 1.165) is 18.4 Å². The molecule has 0 saturated carbocycles. The van der Waals surface area contributed by atoms with Crippen molar-refractivity contribution in [2.45, 2.75) is 39.5 Å². The molecular formula is C33H38O8. The average molecular weight is 563 g/mol. The number of carbonyl (C=O) groups is 4. The minimum Gasteiger partial charge on any atom is -0.478 e. The molecule has 0 bridgehead atoms. The van der Waals surface area contributed by atoms with Crippen molar-refractivity contribution in [1.82, 2.24) is 0 Å². The number of hydrogen-bond donors (Lipinski definition) is 3. The Labute approximate surface area is 241 Å². The first-order chi connectivity index (χ1) is 19.4. The van der Waals surface area contributed by atoms with Crippen LogP contribution in [0.1, 0.15) is 64.1 Å². The lowest BCUT2D eigenvalue weighted by molar-refractivity contribution is -0.138. The maximum atomic E-state index is 11.3. The molecule has 2 aromatic carbocycles. The van der Waals surface area contributed by atoms with Gasteiger partial charge in [-0.25, -0.2) is 19.2 Å². The highest BCUT2D eigenvalue weighted by molar-refractivity contribution is 6.03. The number of esters is 1. The summed E-state index contributed by atoms with van der Waals surface area (Å²) in [5, 5.41) is 26.8. The highest BCUT2D eigenvalue weighted by atomic mass is 16.5. The summed E-state index contributed by atoms with van der Waals surface area (Å²) in [4.78, 5) is 44.0. The molecule has 8 nitrogen and oxygen atoms in total. The summed E-state index contributed by atoms with van der Waals surface area (Å²) in [6, 6.07) is 13.0. The molecule has 2 aromatic rings. The zero-order chi connectivity index (χ0) is 31.4. The SMILES string of the molecule is C=C(C=C(C)C(=O)O)C(=O)OCCCC.C=CCc1ccc(C(=O)O)c(C(=O)O)c1CC=C.C=Cc1ccccc1. The standard InChI is InChI=1S/C14H14O4.C11H16O4.C8H8/c1-3-5-9-7-8-11(13(15)16)12(14(17)18)10(9)6-4-2;1-4-5-6-15-11(14)9(3)7-8(2)10(12)13;1-2-8-6-4-3-5-7-8/h3-4,7-8H,1-2,5-6H2,(H,15,16)(H,17,18);7H,3-6H2,1-2H3,(H,12,13);2-7H,1H2. The third-order valence-corrected chi connectivity index (χ3v) is 5.32. The van der Waals surface area contributed by atoms with E-state index in [1.165, 1.54) is 24.6 Å². The fraction of sp³-hybridized carbons (Fsp3) is 0.212. The van der Waals surface area contributed by atoms with Gasteiger partial charge in [-0.3, -0.25) is 0 Å². The number of aromatic carboxylic acids is 2. The van der Waals surface area contributed by atoms with Crippen molar-refractivity contribution >= 4 is 30.0 Å². The molecule has 0 aliphatic heterocycles. The monoisotopic (exact) mass is 562 g/mol.